The summed E-state index contributed by atoms with van der Waals surface area (Å²) in [6, 6.07) is 30.0. The number of methoxy groups -OCH3 is 1. The van der Waals surface area contributed by atoms with Crippen molar-refractivity contribution >= 4 is 23.9 Å². The maximum Gasteiger partial charge on any atom is 0.343 e. The van der Waals surface area contributed by atoms with E-state index in [0.29, 0.717) is 24.7 Å². The fourth-order valence-electron chi connectivity index (χ4n) is 9.82. The van der Waals surface area contributed by atoms with E-state index in [1.54, 1.807) is 48.5 Å². The monoisotopic (exact) mass is 1120 g/mol. The number of esters is 4. The van der Waals surface area contributed by atoms with Crippen LogP contribution in [-0.2, 0) is 0 Å². The lowest BCUT2D eigenvalue weighted by molar-refractivity contribution is 0.0722. The van der Waals surface area contributed by atoms with Gasteiger partial charge in [-0.05, 0) is 128 Å². The number of ether oxygens (including phenoxy) is 7. The Morgan fingerprint density at radius 2 is 0.476 bits per heavy atom. The van der Waals surface area contributed by atoms with E-state index in [2.05, 4.69) is 13.8 Å². The molecule has 0 aromatic heterocycles. The minimum absolute atomic E-state index is 0.0281. The van der Waals surface area contributed by atoms with E-state index in [4.69, 9.17) is 33.2 Å². The normalized spacial score (nSPS) is 11.0. The van der Waals surface area contributed by atoms with Crippen molar-refractivity contribution < 1.29 is 52.3 Å². The van der Waals surface area contributed by atoms with Crippen LogP contribution < -0.4 is 33.2 Å². The van der Waals surface area contributed by atoms with Gasteiger partial charge in [0.1, 0.15) is 40.2 Å². The molecule has 446 valence electrons. The number of carbonyl (C=O) groups excluding carboxylic acids is 4. The molecule has 0 fully saturated rings. The Balaban J connectivity index is 0.932. The average molecular weight is 1130 g/mol. The first-order valence-electron chi connectivity index (χ1n) is 31.5. The zero-order chi connectivity index (χ0) is 58.1. The molecular weight excluding hydrogens is 1030 g/mol. The molecule has 0 N–H and O–H groups in total. The summed E-state index contributed by atoms with van der Waals surface area (Å²) in [4.78, 5) is 52.6. The van der Waals surface area contributed by atoms with E-state index < -0.39 is 23.9 Å². The molecule has 0 saturated carbocycles. The minimum Gasteiger partial charge on any atom is -0.497 e. The predicted octanol–water partition coefficient (Wildman–Crippen LogP) is 19.9. The smallest absolute Gasteiger partial charge is 0.343 e. The van der Waals surface area contributed by atoms with Crippen LogP contribution >= 0.6 is 0 Å². The van der Waals surface area contributed by atoms with Crippen LogP contribution in [0.4, 0.5) is 0 Å². The molecule has 11 heteroatoms. The lowest BCUT2D eigenvalue weighted by Gasteiger charge is -2.10. The van der Waals surface area contributed by atoms with Crippen molar-refractivity contribution in [2.45, 2.75) is 219 Å². The molecule has 0 radical (unpaired) electrons. The molecule has 0 amide bonds. The highest BCUT2D eigenvalue weighted by atomic mass is 16.5. The lowest BCUT2D eigenvalue weighted by Crippen LogP contribution is -2.14. The van der Waals surface area contributed by atoms with Gasteiger partial charge in [-0.3, -0.25) is 0 Å². The van der Waals surface area contributed by atoms with Gasteiger partial charge in [0.15, 0.2) is 0 Å². The topological polar surface area (TPSA) is 133 Å². The van der Waals surface area contributed by atoms with Crippen LogP contribution in [0.25, 0.3) is 0 Å². The molecule has 0 aliphatic carbocycles. The average Bonchev–Trinajstić information content (AvgIpc) is 3.59. The van der Waals surface area contributed by atoms with Crippen LogP contribution in [0.3, 0.4) is 0 Å². The van der Waals surface area contributed by atoms with Crippen LogP contribution in [0, 0.1) is 0 Å². The Morgan fingerprint density at radius 1 is 0.256 bits per heavy atom. The van der Waals surface area contributed by atoms with Crippen LogP contribution in [0.2, 0.25) is 0 Å². The molecular formula is C71H96O11. The van der Waals surface area contributed by atoms with Gasteiger partial charge in [-0.25, -0.2) is 19.2 Å². The summed E-state index contributed by atoms with van der Waals surface area (Å²) in [5.74, 6) is 0.0549. The molecule has 0 spiro atoms. The van der Waals surface area contributed by atoms with Crippen LogP contribution in [-0.4, -0.2) is 44.2 Å². The third-order valence-corrected chi connectivity index (χ3v) is 14.8. The number of hydrogen-bond acceptors (Lipinski definition) is 11. The second-order valence-electron chi connectivity index (χ2n) is 21.8. The van der Waals surface area contributed by atoms with E-state index in [1.165, 1.54) is 254 Å². The fourth-order valence-corrected chi connectivity index (χ4v) is 9.82. The summed E-state index contributed by atoms with van der Waals surface area (Å²) >= 11 is 0. The van der Waals surface area contributed by atoms with E-state index in [9.17, 15) is 19.2 Å². The van der Waals surface area contributed by atoms with Crippen LogP contribution in [0.1, 0.15) is 261 Å². The van der Waals surface area contributed by atoms with Crippen LogP contribution in [0.15, 0.2) is 115 Å². The Kier molecular flexibility index (Phi) is 33.4. The molecule has 0 heterocycles. The van der Waals surface area contributed by atoms with E-state index in [0.717, 1.165) is 37.2 Å². The van der Waals surface area contributed by atoms with E-state index >= 15 is 0 Å². The quantitative estimate of drug-likeness (QED) is 0.0210. The van der Waals surface area contributed by atoms with Gasteiger partial charge < -0.3 is 33.2 Å². The number of hydrogen-bond donors (Lipinski definition) is 0. The number of unbranched alkanes of at least 4 members (excludes halogenated alkanes) is 30. The Labute approximate surface area is 491 Å². The Hall–Kier alpha value is -6.62. The highest BCUT2D eigenvalue weighted by Gasteiger charge is 2.19. The molecule has 0 aliphatic heterocycles. The van der Waals surface area contributed by atoms with Gasteiger partial charge in [0, 0.05) is 0 Å². The van der Waals surface area contributed by atoms with Gasteiger partial charge in [0.05, 0.1) is 42.6 Å². The van der Waals surface area contributed by atoms with Crippen molar-refractivity contribution in [2.24, 2.45) is 0 Å². The maximum absolute atomic E-state index is 13.3. The summed E-state index contributed by atoms with van der Waals surface area (Å²) < 4.78 is 39.6. The zero-order valence-corrected chi connectivity index (χ0v) is 50.0. The third kappa shape index (κ3) is 27.9. The predicted molar refractivity (Wildman–Crippen MR) is 329 cm³/mol. The summed E-state index contributed by atoms with van der Waals surface area (Å²) in [5.41, 5.74) is 0.567. The molecule has 0 atom stereocenters. The summed E-state index contributed by atoms with van der Waals surface area (Å²) in [7, 11) is 1.41. The molecule has 0 aliphatic rings. The van der Waals surface area contributed by atoms with Gasteiger partial charge in [0.25, 0.3) is 0 Å². The fraction of sp³-hybridized carbons (Fsp3) is 0.521. The van der Waals surface area contributed by atoms with Gasteiger partial charge in [-0.1, -0.05) is 206 Å². The third-order valence-electron chi connectivity index (χ3n) is 14.8. The zero-order valence-electron chi connectivity index (χ0n) is 50.0. The molecule has 5 rings (SSSR count). The molecule has 5 aromatic carbocycles. The second-order valence-corrected chi connectivity index (χ2v) is 21.8. The summed E-state index contributed by atoms with van der Waals surface area (Å²) in [6.07, 6.45) is 42.4. The largest absolute Gasteiger partial charge is 0.497 e. The van der Waals surface area contributed by atoms with Crippen molar-refractivity contribution in [3.63, 3.8) is 0 Å². The number of benzene rings is 5. The van der Waals surface area contributed by atoms with Crippen molar-refractivity contribution in [3.05, 3.63) is 138 Å². The first-order chi connectivity index (χ1) is 40.2. The van der Waals surface area contributed by atoms with Crippen molar-refractivity contribution in [3.8, 4) is 40.2 Å². The molecule has 0 unspecified atom stereocenters. The number of rotatable bonds is 45. The molecule has 82 heavy (non-hydrogen) atoms. The standard InChI is InChI=1S/C71H96O11/c1-4-6-8-10-12-14-16-18-20-22-24-26-28-30-32-34-52-77-61-44-48-65(49-45-61)79-68(72)57-36-40-63(41-37-57)81-70(74)59-54-60(56-67(55-59)76-3)71(75)82-64-42-38-58(39-43-64)69(73)80-66-50-46-62(47-51-66)78-53-35-33-31-29-27-25-23-21-19-17-15-13-11-9-7-5-2/h36-51,54-56H,4-35,52-53H2,1-3H3. The molecule has 5 aromatic rings. The van der Waals surface area contributed by atoms with E-state index in [1.807, 2.05) is 0 Å². The lowest BCUT2D eigenvalue weighted by atomic mass is 10.0. The first-order valence-corrected chi connectivity index (χ1v) is 31.5. The second kappa shape index (κ2) is 41.4. The Morgan fingerprint density at radius 3 is 0.732 bits per heavy atom. The molecule has 11 nitrogen and oxygen atoms in total. The Bertz CT molecular complexity index is 2350. The van der Waals surface area contributed by atoms with Crippen molar-refractivity contribution in [1.29, 1.82) is 0 Å². The van der Waals surface area contributed by atoms with Gasteiger partial charge in [-0.15, -0.1) is 0 Å². The minimum atomic E-state index is -0.768. The number of carbonyl (C=O) groups is 4. The molecule has 0 saturated heterocycles. The van der Waals surface area contributed by atoms with Gasteiger partial charge in [-0.2, -0.15) is 0 Å². The van der Waals surface area contributed by atoms with Gasteiger partial charge >= 0.3 is 23.9 Å². The maximum atomic E-state index is 13.3. The van der Waals surface area contributed by atoms with Crippen molar-refractivity contribution in [2.75, 3.05) is 20.3 Å². The van der Waals surface area contributed by atoms with Gasteiger partial charge in [0.2, 0.25) is 0 Å². The summed E-state index contributed by atoms with van der Waals surface area (Å²) in [6.45, 7) is 5.83. The summed E-state index contributed by atoms with van der Waals surface area (Å²) in [5, 5.41) is 0. The van der Waals surface area contributed by atoms with Crippen LogP contribution in [0.5, 0.6) is 40.2 Å². The highest BCUT2D eigenvalue weighted by molar-refractivity contribution is 5.98. The first kappa shape index (κ1) is 66.2. The van der Waals surface area contributed by atoms with E-state index in [-0.39, 0.29) is 39.5 Å². The highest BCUT2D eigenvalue weighted by Crippen LogP contribution is 2.26. The van der Waals surface area contributed by atoms with Crippen molar-refractivity contribution in [1.82, 2.24) is 0 Å². The molecule has 0 bridgehead atoms. The SMILES string of the molecule is CCCCCCCCCCCCCCCCCCOc1ccc(OC(=O)c2ccc(OC(=O)c3cc(OC)cc(C(=O)Oc4ccc(C(=O)Oc5ccc(OCCCCCCCCCCCCCCCCCC)cc5)cc4)c3)cc2)cc1.